The summed E-state index contributed by atoms with van der Waals surface area (Å²) in [4.78, 5) is 14.0. The average molecular weight is 405 g/mol. The summed E-state index contributed by atoms with van der Waals surface area (Å²) in [7, 11) is 0. The van der Waals surface area contributed by atoms with Crippen LogP contribution >= 0.6 is 0 Å². The van der Waals surface area contributed by atoms with E-state index in [1.165, 1.54) is 24.3 Å². The maximum absolute atomic E-state index is 14.6. The molecule has 1 heterocycles. The molecule has 29 heavy (non-hydrogen) atoms. The van der Waals surface area contributed by atoms with Crippen molar-refractivity contribution in [1.82, 2.24) is 5.32 Å². The van der Waals surface area contributed by atoms with E-state index < -0.39 is 23.8 Å². The third-order valence-electron chi connectivity index (χ3n) is 4.66. The molecule has 0 unspecified atom stereocenters. The van der Waals surface area contributed by atoms with Gasteiger partial charge in [0.05, 0.1) is 24.0 Å². The van der Waals surface area contributed by atoms with Gasteiger partial charge in [-0.2, -0.15) is 0 Å². The first-order chi connectivity index (χ1) is 13.8. The van der Waals surface area contributed by atoms with Crippen molar-refractivity contribution < 1.29 is 23.4 Å². The number of nitrogens with one attached hydrogen (secondary N) is 2. The third kappa shape index (κ3) is 5.65. The quantitative estimate of drug-likeness (QED) is 0.713. The lowest BCUT2D eigenvalue weighted by molar-refractivity contribution is -0.00539. The van der Waals surface area contributed by atoms with Crippen molar-refractivity contribution in [2.24, 2.45) is 0 Å². The number of ether oxygens (including phenoxy) is 1. The lowest BCUT2D eigenvalue weighted by Gasteiger charge is -2.37. The standard InChI is InChI=1S/C21H25F2N3O3/c1-13-11-26(12-14(2)29-13)19-7-6-17(9-18(19)23)25-21(28)24-10-20(27)15-4-3-5-16(22)8-15/h3-9,13-14,20,27H,10-12H2,1-2H3,(H2,24,25,28)/t13-,14-,20+/m1/s1. The number of nitrogens with zero attached hydrogens (tertiary/aromatic N) is 1. The molecule has 0 spiro atoms. The summed E-state index contributed by atoms with van der Waals surface area (Å²) in [5.41, 5.74) is 1.10. The molecular formula is C21H25F2N3O3. The van der Waals surface area contributed by atoms with Crippen LogP contribution in [-0.2, 0) is 4.74 Å². The molecular weight excluding hydrogens is 380 g/mol. The number of aliphatic hydroxyl groups excluding tert-OH is 1. The van der Waals surface area contributed by atoms with Crippen molar-refractivity contribution in [3.63, 3.8) is 0 Å². The number of aliphatic hydroxyl groups is 1. The molecule has 156 valence electrons. The number of benzene rings is 2. The van der Waals surface area contributed by atoms with Crippen LogP contribution in [0.25, 0.3) is 0 Å². The molecule has 1 fully saturated rings. The molecule has 0 saturated carbocycles. The Labute approximate surface area is 168 Å². The van der Waals surface area contributed by atoms with Crippen molar-refractivity contribution >= 4 is 17.4 Å². The minimum atomic E-state index is -1.05. The molecule has 0 radical (unpaired) electrons. The van der Waals surface area contributed by atoms with Gasteiger partial charge in [0.1, 0.15) is 11.6 Å². The lowest BCUT2D eigenvalue weighted by atomic mass is 10.1. The summed E-state index contributed by atoms with van der Waals surface area (Å²) in [6, 6.07) is 9.41. The van der Waals surface area contributed by atoms with Crippen LogP contribution in [0.3, 0.4) is 0 Å². The second-order valence-electron chi connectivity index (χ2n) is 7.23. The van der Waals surface area contributed by atoms with E-state index in [4.69, 9.17) is 4.74 Å². The summed E-state index contributed by atoms with van der Waals surface area (Å²) in [5, 5.41) is 15.1. The van der Waals surface area contributed by atoms with E-state index in [0.717, 1.165) is 0 Å². The SMILES string of the molecule is C[C@@H]1CN(c2ccc(NC(=O)NC[C@H](O)c3cccc(F)c3)cc2F)C[C@@H](C)O1. The summed E-state index contributed by atoms with van der Waals surface area (Å²) >= 11 is 0. The number of morpholine rings is 1. The molecule has 1 aliphatic heterocycles. The maximum Gasteiger partial charge on any atom is 0.319 e. The van der Waals surface area contributed by atoms with Crippen LogP contribution in [0.15, 0.2) is 42.5 Å². The molecule has 1 saturated heterocycles. The normalized spacial score (nSPS) is 20.2. The predicted octanol–water partition coefficient (Wildman–Crippen LogP) is 3.43. The highest BCUT2D eigenvalue weighted by molar-refractivity contribution is 5.89. The first kappa shape index (κ1) is 21.0. The Morgan fingerprint density at radius 2 is 1.93 bits per heavy atom. The molecule has 0 aromatic heterocycles. The van der Waals surface area contributed by atoms with Crippen LogP contribution in [0.4, 0.5) is 25.0 Å². The first-order valence-corrected chi connectivity index (χ1v) is 9.50. The van der Waals surface area contributed by atoms with Gasteiger partial charge >= 0.3 is 6.03 Å². The molecule has 3 atom stereocenters. The van der Waals surface area contributed by atoms with Gasteiger partial charge in [-0.15, -0.1) is 0 Å². The molecule has 2 amide bonds. The molecule has 0 aliphatic carbocycles. The van der Waals surface area contributed by atoms with Crippen LogP contribution in [0.1, 0.15) is 25.5 Å². The molecule has 3 rings (SSSR count). The zero-order valence-corrected chi connectivity index (χ0v) is 16.4. The van der Waals surface area contributed by atoms with Crippen molar-refractivity contribution in [3.8, 4) is 0 Å². The number of urea groups is 1. The second-order valence-corrected chi connectivity index (χ2v) is 7.23. The van der Waals surface area contributed by atoms with Crippen molar-refractivity contribution in [2.45, 2.75) is 32.2 Å². The van der Waals surface area contributed by atoms with Gasteiger partial charge in [0.15, 0.2) is 0 Å². The summed E-state index contributed by atoms with van der Waals surface area (Å²) < 4.78 is 33.5. The molecule has 2 aromatic rings. The number of carbonyl (C=O) groups is 1. The fraction of sp³-hybridized carbons (Fsp3) is 0.381. The lowest BCUT2D eigenvalue weighted by Crippen LogP contribution is -2.45. The molecule has 1 aliphatic rings. The Kier molecular flexibility index (Phi) is 6.66. The van der Waals surface area contributed by atoms with E-state index in [9.17, 15) is 18.7 Å². The van der Waals surface area contributed by atoms with Crippen molar-refractivity contribution in [2.75, 3.05) is 29.9 Å². The second kappa shape index (κ2) is 9.19. The monoisotopic (exact) mass is 405 g/mol. The Bertz CT molecular complexity index is 855. The zero-order valence-electron chi connectivity index (χ0n) is 16.4. The van der Waals surface area contributed by atoms with Crippen LogP contribution in [0.5, 0.6) is 0 Å². The number of amides is 2. The number of halogens is 2. The van der Waals surface area contributed by atoms with E-state index >= 15 is 0 Å². The van der Waals surface area contributed by atoms with E-state index in [1.54, 1.807) is 18.2 Å². The Balaban J connectivity index is 1.56. The van der Waals surface area contributed by atoms with E-state index in [-0.39, 0.29) is 18.8 Å². The van der Waals surface area contributed by atoms with Crippen molar-refractivity contribution in [3.05, 3.63) is 59.7 Å². The number of rotatable bonds is 5. The van der Waals surface area contributed by atoms with Gasteiger partial charge in [-0.05, 0) is 49.7 Å². The first-order valence-electron chi connectivity index (χ1n) is 9.50. The third-order valence-corrected chi connectivity index (χ3v) is 4.66. The zero-order chi connectivity index (χ0) is 21.0. The van der Waals surface area contributed by atoms with Gasteiger partial charge in [0.25, 0.3) is 0 Å². The minimum absolute atomic E-state index is 0.00578. The van der Waals surface area contributed by atoms with Gasteiger partial charge in [0.2, 0.25) is 0 Å². The van der Waals surface area contributed by atoms with Crippen LogP contribution < -0.4 is 15.5 Å². The highest BCUT2D eigenvalue weighted by Gasteiger charge is 2.24. The number of hydrogen-bond donors (Lipinski definition) is 3. The van der Waals surface area contributed by atoms with E-state index in [2.05, 4.69) is 10.6 Å². The predicted molar refractivity (Wildman–Crippen MR) is 107 cm³/mol. The topological polar surface area (TPSA) is 73.8 Å². The summed E-state index contributed by atoms with van der Waals surface area (Å²) in [5.74, 6) is -0.908. The van der Waals surface area contributed by atoms with Gasteiger partial charge < -0.3 is 25.4 Å². The smallest absolute Gasteiger partial charge is 0.319 e. The van der Waals surface area contributed by atoms with Crippen LogP contribution in [-0.4, -0.2) is 43.0 Å². The molecule has 2 aromatic carbocycles. The molecule has 6 nitrogen and oxygen atoms in total. The highest BCUT2D eigenvalue weighted by atomic mass is 19.1. The minimum Gasteiger partial charge on any atom is -0.387 e. The average Bonchev–Trinajstić information content (AvgIpc) is 2.65. The Hall–Kier alpha value is -2.71. The van der Waals surface area contributed by atoms with Gasteiger partial charge in [-0.1, -0.05) is 12.1 Å². The Morgan fingerprint density at radius 3 is 2.59 bits per heavy atom. The highest BCUT2D eigenvalue weighted by Crippen LogP contribution is 2.26. The van der Waals surface area contributed by atoms with Gasteiger partial charge in [0, 0.05) is 25.3 Å². The van der Waals surface area contributed by atoms with Crippen LogP contribution in [0, 0.1) is 11.6 Å². The number of hydrogen-bond acceptors (Lipinski definition) is 4. The molecule has 8 heteroatoms. The van der Waals surface area contributed by atoms with Crippen LogP contribution in [0.2, 0.25) is 0 Å². The van der Waals surface area contributed by atoms with E-state index in [0.29, 0.717) is 30.0 Å². The van der Waals surface area contributed by atoms with Gasteiger partial charge in [-0.3, -0.25) is 0 Å². The number of anilines is 2. The number of carbonyl (C=O) groups excluding carboxylic acids is 1. The largest absolute Gasteiger partial charge is 0.387 e. The fourth-order valence-electron chi connectivity index (χ4n) is 3.41. The summed E-state index contributed by atoms with van der Waals surface area (Å²) in [6.07, 6.45) is -1.04. The summed E-state index contributed by atoms with van der Waals surface area (Å²) in [6.45, 7) is 4.95. The molecule has 0 bridgehead atoms. The fourth-order valence-corrected chi connectivity index (χ4v) is 3.41. The maximum atomic E-state index is 14.6. The van der Waals surface area contributed by atoms with E-state index in [1.807, 2.05) is 18.7 Å². The molecule has 3 N–H and O–H groups in total. The van der Waals surface area contributed by atoms with Gasteiger partial charge in [-0.25, -0.2) is 13.6 Å². The van der Waals surface area contributed by atoms with Crippen molar-refractivity contribution in [1.29, 1.82) is 0 Å². The Morgan fingerprint density at radius 1 is 1.21 bits per heavy atom.